The number of carbonyl (C=O) groups is 2. The summed E-state index contributed by atoms with van der Waals surface area (Å²) < 4.78 is 23.6. The number of hydrogen-bond donors (Lipinski definition) is 2. The number of carbonyl (C=O) groups excluding carboxylic acids is 2. The Balaban J connectivity index is 1.98. The van der Waals surface area contributed by atoms with E-state index in [1.165, 1.54) is 4.90 Å². The van der Waals surface area contributed by atoms with Crippen molar-refractivity contribution in [3.8, 4) is 0 Å². The van der Waals surface area contributed by atoms with Crippen LogP contribution in [0.1, 0.15) is 20.8 Å². The lowest BCUT2D eigenvalue weighted by Gasteiger charge is -2.33. The Morgan fingerprint density at radius 3 is 2.83 bits per heavy atom. The second kappa shape index (κ2) is 7.00. The van der Waals surface area contributed by atoms with Gasteiger partial charge < -0.3 is 25.4 Å². The van der Waals surface area contributed by atoms with E-state index in [-0.39, 0.29) is 24.7 Å². The molecule has 0 aliphatic carbocycles. The molecule has 9 heteroatoms. The molecule has 2 rings (SSSR count). The van der Waals surface area contributed by atoms with Gasteiger partial charge in [-0.25, -0.2) is 14.2 Å². The van der Waals surface area contributed by atoms with Gasteiger partial charge in [-0.2, -0.15) is 0 Å². The van der Waals surface area contributed by atoms with Crippen LogP contribution in [0.15, 0.2) is 12.3 Å². The van der Waals surface area contributed by atoms with Crippen LogP contribution in [-0.4, -0.2) is 53.3 Å². The zero-order valence-corrected chi connectivity index (χ0v) is 13.8. The van der Waals surface area contributed by atoms with Gasteiger partial charge in [0.2, 0.25) is 0 Å². The monoisotopic (exact) mass is 340 g/mol. The highest BCUT2D eigenvalue weighted by Gasteiger charge is 2.32. The maximum Gasteiger partial charge on any atom is 0.410 e. The van der Waals surface area contributed by atoms with E-state index in [1.54, 1.807) is 20.8 Å². The molecule has 1 aliphatic heterocycles. The van der Waals surface area contributed by atoms with E-state index < -0.39 is 29.5 Å². The number of rotatable bonds is 2. The molecule has 2 amide bonds. The molecule has 2 heterocycles. The third-order valence-corrected chi connectivity index (χ3v) is 3.14. The van der Waals surface area contributed by atoms with Gasteiger partial charge in [0.25, 0.3) is 5.91 Å². The SMILES string of the molecule is CC(C)(C)OC(=O)N1CCOC(C(=O)Nc2ncc(F)cc2N)C1. The van der Waals surface area contributed by atoms with Crippen LogP contribution >= 0.6 is 0 Å². The number of nitrogens with one attached hydrogen (secondary N) is 1. The van der Waals surface area contributed by atoms with Gasteiger partial charge >= 0.3 is 6.09 Å². The average Bonchev–Trinajstić information content (AvgIpc) is 2.48. The van der Waals surface area contributed by atoms with Gasteiger partial charge in [-0.15, -0.1) is 0 Å². The quantitative estimate of drug-likeness (QED) is 0.842. The van der Waals surface area contributed by atoms with Crippen LogP contribution in [0, 0.1) is 5.82 Å². The summed E-state index contributed by atoms with van der Waals surface area (Å²) >= 11 is 0. The lowest BCUT2D eigenvalue weighted by atomic mass is 10.2. The van der Waals surface area contributed by atoms with Crippen molar-refractivity contribution in [1.29, 1.82) is 0 Å². The molecule has 1 aliphatic rings. The molecular weight excluding hydrogens is 319 g/mol. The maximum atomic E-state index is 13.0. The van der Waals surface area contributed by atoms with E-state index >= 15 is 0 Å². The van der Waals surface area contributed by atoms with Gasteiger partial charge in [0.05, 0.1) is 25.0 Å². The highest BCUT2D eigenvalue weighted by atomic mass is 19.1. The lowest BCUT2D eigenvalue weighted by Crippen LogP contribution is -2.51. The summed E-state index contributed by atoms with van der Waals surface area (Å²) in [6, 6.07) is 1.05. The van der Waals surface area contributed by atoms with Gasteiger partial charge in [-0.1, -0.05) is 0 Å². The second-order valence-corrected chi connectivity index (χ2v) is 6.37. The minimum atomic E-state index is -0.891. The normalized spacial score (nSPS) is 18.2. The molecule has 1 aromatic rings. The van der Waals surface area contributed by atoms with Crippen molar-refractivity contribution in [2.75, 3.05) is 30.7 Å². The van der Waals surface area contributed by atoms with Crippen LogP contribution in [0.3, 0.4) is 0 Å². The number of nitrogens with two attached hydrogens (primary N) is 1. The van der Waals surface area contributed by atoms with E-state index in [9.17, 15) is 14.0 Å². The molecule has 3 N–H and O–H groups in total. The third-order valence-electron chi connectivity index (χ3n) is 3.14. The Kier molecular flexibility index (Phi) is 5.23. The topological polar surface area (TPSA) is 107 Å². The maximum absolute atomic E-state index is 13.0. The summed E-state index contributed by atoms with van der Waals surface area (Å²) in [6.45, 7) is 5.86. The predicted molar refractivity (Wildman–Crippen MR) is 84.8 cm³/mol. The predicted octanol–water partition coefficient (Wildman–Crippen LogP) is 1.38. The molecule has 0 radical (unpaired) electrons. The van der Waals surface area contributed by atoms with Crippen molar-refractivity contribution in [2.24, 2.45) is 0 Å². The molecule has 8 nitrogen and oxygen atoms in total. The van der Waals surface area contributed by atoms with Crippen molar-refractivity contribution in [3.05, 3.63) is 18.1 Å². The highest BCUT2D eigenvalue weighted by molar-refractivity contribution is 5.96. The number of ether oxygens (including phenoxy) is 2. The van der Waals surface area contributed by atoms with Crippen molar-refractivity contribution in [3.63, 3.8) is 0 Å². The summed E-state index contributed by atoms with van der Waals surface area (Å²) in [7, 11) is 0. The number of nitrogen functional groups attached to an aromatic ring is 1. The van der Waals surface area contributed by atoms with Crippen LogP contribution in [0.2, 0.25) is 0 Å². The van der Waals surface area contributed by atoms with Gasteiger partial charge in [-0.05, 0) is 20.8 Å². The number of amides is 2. The number of halogens is 1. The number of aromatic nitrogens is 1. The van der Waals surface area contributed by atoms with E-state index in [4.69, 9.17) is 15.2 Å². The Labute approximate surface area is 139 Å². The lowest BCUT2D eigenvalue weighted by molar-refractivity contribution is -0.132. The van der Waals surface area contributed by atoms with E-state index in [2.05, 4.69) is 10.3 Å². The molecule has 1 unspecified atom stereocenters. The van der Waals surface area contributed by atoms with Crippen LogP contribution in [0.4, 0.5) is 20.7 Å². The summed E-state index contributed by atoms with van der Waals surface area (Å²) in [6.07, 6.45) is -0.457. The summed E-state index contributed by atoms with van der Waals surface area (Å²) in [5, 5.41) is 2.47. The van der Waals surface area contributed by atoms with Crippen LogP contribution < -0.4 is 11.1 Å². The van der Waals surface area contributed by atoms with Crippen molar-refractivity contribution < 1.29 is 23.5 Å². The number of pyridine rings is 1. The second-order valence-electron chi connectivity index (χ2n) is 6.37. The Morgan fingerprint density at radius 1 is 1.50 bits per heavy atom. The largest absolute Gasteiger partial charge is 0.444 e. The molecule has 0 spiro atoms. The van der Waals surface area contributed by atoms with Gasteiger partial charge in [0.1, 0.15) is 11.4 Å². The molecule has 0 bridgehead atoms. The minimum Gasteiger partial charge on any atom is -0.444 e. The van der Waals surface area contributed by atoms with Gasteiger partial charge in [0.15, 0.2) is 11.9 Å². The van der Waals surface area contributed by atoms with E-state index in [0.29, 0.717) is 6.54 Å². The van der Waals surface area contributed by atoms with Crippen molar-refractivity contribution in [1.82, 2.24) is 9.88 Å². The van der Waals surface area contributed by atoms with E-state index in [0.717, 1.165) is 12.3 Å². The summed E-state index contributed by atoms with van der Waals surface area (Å²) in [4.78, 5) is 29.5. The first kappa shape index (κ1) is 17.9. The fraction of sp³-hybridized carbons (Fsp3) is 0.533. The molecule has 0 saturated carbocycles. The zero-order valence-electron chi connectivity index (χ0n) is 13.8. The third kappa shape index (κ3) is 4.79. The average molecular weight is 340 g/mol. The molecular formula is C15H21FN4O4. The van der Waals surface area contributed by atoms with Crippen molar-refractivity contribution in [2.45, 2.75) is 32.5 Å². The molecule has 132 valence electrons. The Morgan fingerprint density at radius 2 is 2.21 bits per heavy atom. The standard InChI is InChI=1S/C15H21FN4O4/c1-15(2,3)24-14(22)20-4-5-23-11(8-20)13(21)19-12-10(17)6-9(16)7-18-12/h6-7,11H,4-5,8,17H2,1-3H3,(H,18,19,21). The molecule has 0 aromatic carbocycles. The van der Waals surface area contributed by atoms with Gasteiger partial charge in [0, 0.05) is 12.6 Å². The van der Waals surface area contributed by atoms with Crippen molar-refractivity contribution >= 4 is 23.5 Å². The highest BCUT2D eigenvalue weighted by Crippen LogP contribution is 2.18. The first-order valence-electron chi connectivity index (χ1n) is 7.47. The molecule has 1 fully saturated rings. The van der Waals surface area contributed by atoms with Crippen LogP contribution in [-0.2, 0) is 14.3 Å². The number of anilines is 2. The van der Waals surface area contributed by atoms with Gasteiger partial charge in [-0.3, -0.25) is 4.79 Å². The Bertz CT molecular complexity index is 632. The fourth-order valence-corrected chi connectivity index (χ4v) is 2.06. The summed E-state index contributed by atoms with van der Waals surface area (Å²) in [5.74, 6) is -1.08. The first-order valence-corrected chi connectivity index (χ1v) is 7.47. The number of morpholine rings is 1. The van der Waals surface area contributed by atoms with Crippen LogP contribution in [0.25, 0.3) is 0 Å². The Hall–Kier alpha value is -2.42. The smallest absolute Gasteiger partial charge is 0.410 e. The number of hydrogen-bond acceptors (Lipinski definition) is 6. The summed E-state index contributed by atoms with van der Waals surface area (Å²) in [5.41, 5.74) is 4.98. The zero-order chi connectivity index (χ0) is 17.9. The van der Waals surface area contributed by atoms with Crippen LogP contribution in [0.5, 0.6) is 0 Å². The van der Waals surface area contributed by atoms with E-state index in [1.807, 2.05) is 0 Å². The minimum absolute atomic E-state index is 0.00292. The first-order chi connectivity index (χ1) is 11.2. The fourth-order valence-electron chi connectivity index (χ4n) is 2.06. The molecule has 1 saturated heterocycles. The molecule has 24 heavy (non-hydrogen) atoms. The number of nitrogens with zero attached hydrogens (tertiary/aromatic N) is 2. The molecule has 1 aromatic heterocycles. The molecule has 1 atom stereocenters.